The predicted octanol–water partition coefficient (Wildman–Crippen LogP) is -4.34. The van der Waals surface area contributed by atoms with Crippen LogP contribution in [0, 0.1) is 6.57 Å². The Labute approximate surface area is 100 Å². The number of carbonyl (C=O) groups is 1. The van der Waals surface area contributed by atoms with Crippen LogP contribution in [-0.2, 0) is 4.79 Å². The molecule has 0 amide bonds. The van der Waals surface area contributed by atoms with Crippen molar-refractivity contribution in [1.29, 1.82) is 0 Å². The molecule has 7 heavy (non-hydrogen) atoms. The van der Waals surface area contributed by atoms with Crippen LogP contribution >= 0.6 is 0 Å². The SMILES string of the molecule is [C-]#[N+]CC(=O)[O-].[Cs+]. The molecule has 0 aliphatic rings. The Balaban J connectivity index is 0. The van der Waals surface area contributed by atoms with E-state index >= 15 is 0 Å². The van der Waals surface area contributed by atoms with Gasteiger partial charge >= 0.3 is 68.9 Å². The van der Waals surface area contributed by atoms with Gasteiger partial charge in [-0.1, -0.05) is 0 Å². The second-order valence-corrected chi connectivity index (χ2v) is 0.688. The molecule has 0 unspecified atom stereocenters. The number of hydrogen-bond donors (Lipinski definition) is 0. The van der Waals surface area contributed by atoms with E-state index < -0.39 is 12.5 Å². The molecule has 0 fully saturated rings. The Morgan fingerprint density at radius 2 is 2.29 bits per heavy atom. The van der Waals surface area contributed by atoms with Gasteiger partial charge in [-0.3, -0.25) is 0 Å². The molecule has 32 valence electrons. The van der Waals surface area contributed by atoms with Gasteiger partial charge in [-0.25, -0.2) is 6.57 Å². The zero-order valence-electron chi connectivity index (χ0n) is 3.97. The summed E-state index contributed by atoms with van der Waals surface area (Å²) in [7, 11) is 0. The summed E-state index contributed by atoms with van der Waals surface area (Å²) in [5.41, 5.74) is 0. The van der Waals surface area contributed by atoms with E-state index in [4.69, 9.17) is 6.57 Å². The summed E-state index contributed by atoms with van der Waals surface area (Å²) in [6.45, 7) is 5.41. The Bertz CT molecular complexity index is 95.6. The molecular formula is C3H2CsNO2. The number of nitrogens with zero attached hydrogens (tertiary/aromatic N) is 1. The Hall–Kier alpha value is 1.01. The average molecular weight is 217 g/mol. The summed E-state index contributed by atoms with van der Waals surface area (Å²) in [6, 6.07) is 0. The minimum Gasteiger partial charge on any atom is -0.543 e. The van der Waals surface area contributed by atoms with E-state index in [1.807, 2.05) is 0 Å². The fourth-order valence-corrected chi connectivity index (χ4v) is 0.0645. The number of aliphatic carboxylic acids is 1. The molecule has 0 aliphatic heterocycles. The van der Waals surface area contributed by atoms with Crippen LogP contribution in [0.2, 0.25) is 0 Å². The third-order valence-electron chi connectivity index (χ3n) is 0.208. The average Bonchev–Trinajstić information content (AvgIpc) is 1.35. The van der Waals surface area contributed by atoms with E-state index in [1.165, 1.54) is 0 Å². The van der Waals surface area contributed by atoms with Gasteiger partial charge in [-0.2, -0.15) is 0 Å². The summed E-state index contributed by atoms with van der Waals surface area (Å²) in [6.07, 6.45) is 0. The van der Waals surface area contributed by atoms with E-state index in [9.17, 15) is 9.90 Å². The molecule has 0 aliphatic carbocycles. The minimum atomic E-state index is -1.31. The van der Waals surface area contributed by atoms with Crippen molar-refractivity contribution in [2.24, 2.45) is 0 Å². The van der Waals surface area contributed by atoms with Gasteiger partial charge in [0.2, 0.25) is 0 Å². The summed E-state index contributed by atoms with van der Waals surface area (Å²) in [5.74, 6) is -1.31. The molecule has 0 aromatic heterocycles. The van der Waals surface area contributed by atoms with Crippen molar-refractivity contribution in [3.63, 3.8) is 0 Å². The molecule has 0 bridgehead atoms. The second-order valence-electron chi connectivity index (χ2n) is 0.688. The molecule has 0 aromatic carbocycles. The van der Waals surface area contributed by atoms with Gasteiger partial charge in [-0.05, 0) is 0 Å². The summed E-state index contributed by atoms with van der Waals surface area (Å²) < 4.78 is 0. The number of carbonyl (C=O) groups excluding carboxylic acids is 1. The molecule has 0 saturated heterocycles. The Morgan fingerprint density at radius 1 is 1.86 bits per heavy atom. The van der Waals surface area contributed by atoms with E-state index in [0.29, 0.717) is 0 Å². The number of carboxylic acid groups (broad SMARTS) is 1. The number of rotatable bonds is 1. The molecule has 4 heteroatoms. The third kappa shape index (κ3) is 10.9. The summed E-state index contributed by atoms with van der Waals surface area (Å²) >= 11 is 0. The molecule has 0 rings (SSSR count). The summed E-state index contributed by atoms with van der Waals surface area (Å²) in [4.78, 5) is 11.8. The topological polar surface area (TPSA) is 44.5 Å². The number of hydrogen-bond acceptors (Lipinski definition) is 2. The summed E-state index contributed by atoms with van der Waals surface area (Å²) in [5, 5.41) is 9.27. The minimum absolute atomic E-state index is 0. The maximum Gasteiger partial charge on any atom is 1.00 e. The van der Waals surface area contributed by atoms with Crippen molar-refractivity contribution in [2.75, 3.05) is 6.54 Å². The smallest absolute Gasteiger partial charge is 0.543 e. The van der Waals surface area contributed by atoms with Gasteiger partial charge in [0.25, 0.3) is 6.54 Å². The molecule has 0 N–H and O–H groups in total. The van der Waals surface area contributed by atoms with Crippen LogP contribution < -0.4 is 74.0 Å². The molecule has 0 aromatic rings. The van der Waals surface area contributed by atoms with Gasteiger partial charge in [-0.15, -0.1) is 0 Å². The second kappa shape index (κ2) is 7.01. The molecule has 0 saturated carbocycles. The maximum absolute atomic E-state index is 9.27. The quantitative estimate of drug-likeness (QED) is 0.417. The molecule has 0 heterocycles. The van der Waals surface area contributed by atoms with E-state index in [1.54, 1.807) is 0 Å². The fraction of sp³-hybridized carbons (Fsp3) is 0.333. The van der Waals surface area contributed by atoms with Gasteiger partial charge in [0, 0.05) is 0 Å². The van der Waals surface area contributed by atoms with Crippen molar-refractivity contribution < 1.29 is 78.8 Å². The molecule has 0 atom stereocenters. The molecular weight excluding hydrogens is 215 g/mol. The van der Waals surface area contributed by atoms with Crippen LogP contribution in [0.4, 0.5) is 0 Å². The van der Waals surface area contributed by atoms with Gasteiger partial charge < -0.3 is 14.7 Å². The van der Waals surface area contributed by atoms with Gasteiger partial charge in [0.05, 0.1) is 0 Å². The standard InChI is InChI=1S/C3H3NO2.Cs/c1-4-2-3(5)6;/h2H2,(H,5,6);/q;+1/p-1. The first kappa shape index (κ1) is 10.9. The fourth-order valence-electron chi connectivity index (χ4n) is 0.0645. The van der Waals surface area contributed by atoms with Crippen LogP contribution in [0.3, 0.4) is 0 Å². The van der Waals surface area contributed by atoms with Crippen molar-refractivity contribution >= 4 is 5.97 Å². The normalized spacial score (nSPS) is 5.57. The van der Waals surface area contributed by atoms with Crippen LogP contribution in [-0.4, -0.2) is 12.5 Å². The first-order valence-electron chi connectivity index (χ1n) is 1.30. The van der Waals surface area contributed by atoms with Crippen molar-refractivity contribution in [1.82, 2.24) is 0 Å². The largest absolute Gasteiger partial charge is 1.00 e. The van der Waals surface area contributed by atoms with Gasteiger partial charge in [0.15, 0.2) is 0 Å². The maximum atomic E-state index is 9.27. The van der Waals surface area contributed by atoms with Crippen LogP contribution in [0.1, 0.15) is 0 Å². The zero-order chi connectivity index (χ0) is 4.99. The first-order chi connectivity index (χ1) is 2.77. The van der Waals surface area contributed by atoms with Crippen LogP contribution in [0.15, 0.2) is 0 Å². The Morgan fingerprint density at radius 3 is 2.29 bits per heavy atom. The molecule has 3 nitrogen and oxygen atoms in total. The third-order valence-corrected chi connectivity index (χ3v) is 0.208. The van der Waals surface area contributed by atoms with Crippen molar-refractivity contribution in [3.8, 4) is 0 Å². The predicted molar refractivity (Wildman–Crippen MR) is 16.5 cm³/mol. The van der Waals surface area contributed by atoms with E-state index in [0.717, 1.165) is 0 Å². The monoisotopic (exact) mass is 217 g/mol. The first-order valence-corrected chi connectivity index (χ1v) is 1.30. The van der Waals surface area contributed by atoms with Crippen molar-refractivity contribution in [3.05, 3.63) is 11.4 Å². The molecule has 0 radical (unpaired) electrons. The van der Waals surface area contributed by atoms with E-state index in [2.05, 4.69) is 4.85 Å². The van der Waals surface area contributed by atoms with Crippen LogP contribution in [0.25, 0.3) is 4.85 Å². The number of carboxylic acids is 1. The van der Waals surface area contributed by atoms with Crippen LogP contribution in [0.5, 0.6) is 0 Å². The van der Waals surface area contributed by atoms with Crippen molar-refractivity contribution in [2.45, 2.75) is 0 Å². The zero-order valence-corrected chi connectivity index (χ0v) is 10.3. The van der Waals surface area contributed by atoms with E-state index in [-0.39, 0.29) is 68.9 Å². The Kier molecular flexibility index (Phi) is 10.9. The molecule has 0 spiro atoms. The van der Waals surface area contributed by atoms with Gasteiger partial charge in [0.1, 0.15) is 5.97 Å².